The summed E-state index contributed by atoms with van der Waals surface area (Å²) in [6, 6.07) is 6.87. The van der Waals surface area contributed by atoms with E-state index >= 15 is 0 Å². The van der Waals surface area contributed by atoms with Crippen molar-refractivity contribution in [2.75, 3.05) is 10.5 Å². The molecule has 3 N–H and O–H groups in total. The summed E-state index contributed by atoms with van der Waals surface area (Å²) in [6.07, 6.45) is 0. The van der Waals surface area contributed by atoms with Crippen LogP contribution in [0.5, 0.6) is 0 Å². The Hall–Kier alpha value is -1.12. The Kier molecular flexibility index (Phi) is 4.60. The number of nitrogens with two attached hydrogens (primary N) is 1. The van der Waals surface area contributed by atoms with Crippen LogP contribution in [-0.2, 0) is 10.0 Å². The number of hydrogen-bond donors (Lipinski definition) is 2. The molecule has 0 fully saturated rings. The third-order valence-electron chi connectivity index (χ3n) is 2.74. The second-order valence-corrected chi connectivity index (χ2v) is 7.74. The van der Waals surface area contributed by atoms with E-state index in [1.807, 2.05) is 6.92 Å². The molecule has 0 radical (unpaired) electrons. The SMILES string of the molecule is Cc1cc(Br)c(S(=O)(=O)Nc2ccc(N)cc2F)cc1Br. The number of rotatable bonds is 3. The lowest BCUT2D eigenvalue weighted by atomic mass is 10.2. The Morgan fingerprint density at radius 2 is 1.81 bits per heavy atom. The van der Waals surface area contributed by atoms with Gasteiger partial charge in [0.05, 0.1) is 5.69 Å². The van der Waals surface area contributed by atoms with Gasteiger partial charge >= 0.3 is 0 Å². The number of anilines is 2. The van der Waals surface area contributed by atoms with Crippen LogP contribution in [0, 0.1) is 12.7 Å². The summed E-state index contributed by atoms with van der Waals surface area (Å²) in [4.78, 5) is 0.0104. The summed E-state index contributed by atoms with van der Waals surface area (Å²) in [6.45, 7) is 1.83. The van der Waals surface area contributed by atoms with Gasteiger partial charge in [-0.15, -0.1) is 0 Å². The van der Waals surface area contributed by atoms with Crippen molar-refractivity contribution in [2.24, 2.45) is 0 Å². The highest BCUT2D eigenvalue weighted by Crippen LogP contribution is 2.30. The van der Waals surface area contributed by atoms with E-state index < -0.39 is 15.8 Å². The van der Waals surface area contributed by atoms with Gasteiger partial charge in [-0.1, -0.05) is 15.9 Å². The number of benzene rings is 2. The van der Waals surface area contributed by atoms with E-state index in [2.05, 4.69) is 36.6 Å². The zero-order valence-electron chi connectivity index (χ0n) is 10.8. The van der Waals surface area contributed by atoms with Crippen LogP contribution in [-0.4, -0.2) is 8.42 Å². The molecule has 8 heteroatoms. The number of aryl methyl sites for hydroxylation is 1. The molecule has 0 heterocycles. The van der Waals surface area contributed by atoms with E-state index in [1.165, 1.54) is 18.2 Å². The molecule has 21 heavy (non-hydrogen) atoms. The Labute approximate surface area is 138 Å². The molecule has 0 aromatic heterocycles. The van der Waals surface area contributed by atoms with Crippen molar-refractivity contribution >= 4 is 53.3 Å². The maximum absolute atomic E-state index is 13.7. The first-order valence-electron chi connectivity index (χ1n) is 5.74. The van der Waals surface area contributed by atoms with Gasteiger partial charge in [0.1, 0.15) is 10.7 Å². The van der Waals surface area contributed by atoms with Crippen molar-refractivity contribution in [1.82, 2.24) is 0 Å². The van der Waals surface area contributed by atoms with Gasteiger partial charge in [0.25, 0.3) is 10.0 Å². The molecule has 0 saturated carbocycles. The minimum atomic E-state index is -3.93. The topological polar surface area (TPSA) is 72.2 Å². The van der Waals surface area contributed by atoms with E-state index in [1.54, 1.807) is 6.07 Å². The van der Waals surface area contributed by atoms with Gasteiger partial charge in [-0.25, -0.2) is 12.8 Å². The van der Waals surface area contributed by atoms with Gasteiger partial charge in [0, 0.05) is 14.6 Å². The molecule has 112 valence electrons. The predicted molar refractivity (Wildman–Crippen MR) is 88.2 cm³/mol. The lowest BCUT2D eigenvalue weighted by molar-refractivity contribution is 0.598. The van der Waals surface area contributed by atoms with Crippen LogP contribution >= 0.6 is 31.9 Å². The number of hydrogen-bond acceptors (Lipinski definition) is 3. The smallest absolute Gasteiger partial charge is 0.263 e. The summed E-state index contributed by atoms with van der Waals surface area (Å²) in [5.74, 6) is -0.735. The summed E-state index contributed by atoms with van der Waals surface area (Å²) >= 11 is 6.49. The maximum atomic E-state index is 13.7. The van der Waals surface area contributed by atoms with Crippen LogP contribution in [0.3, 0.4) is 0 Å². The van der Waals surface area contributed by atoms with Gasteiger partial charge in [-0.3, -0.25) is 4.72 Å². The largest absolute Gasteiger partial charge is 0.399 e. The van der Waals surface area contributed by atoms with Crippen molar-refractivity contribution in [1.29, 1.82) is 0 Å². The average Bonchev–Trinajstić information content (AvgIpc) is 2.37. The molecule has 4 nitrogen and oxygen atoms in total. The van der Waals surface area contributed by atoms with Crippen LogP contribution in [0.25, 0.3) is 0 Å². The molecule has 0 saturated heterocycles. The fraction of sp³-hybridized carbons (Fsp3) is 0.0769. The first-order chi connectivity index (χ1) is 9.70. The van der Waals surface area contributed by atoms with Crippen molar-refractivity contribution in [2.45, 2.75) is 11.8 Å². The minimum absolute atomic E-state index is 0.0104. The number of nitrogen functional groups attached to an aromatic ring is 1. The Morgan fingerprint density at radius 1 is 1.14 bits per heavy atom. The summed E-state index contributed by atoms with van der Waals surface area (Å²) in [7, 11) is -3.93. The molecule has 0 aliphatic rings. The maximum Gasteiger partial charge on any atom is 0.263 e. The molecular weight excluding hydrogens is 427 g/mol. The summed E-state index contributed by atoms with van der Waals surface area (Å²) in [5, 5.41) is 0. The number of nitrogens with one attached hydrogen (secondary N) is 1. The normalized spacial score (nSPS) is 11.4. The highest BCUT2D eigenvalue weighted by molar-refractivity contribution is 9.11. The average molecular weight is 438 g/mol. The molecule has 0 amide bonds. The second kappa shape index (κ2) is 5.94. The Balaban J connectivity index is 2.46. The molecular formula is C13H11Br2FN2O2S. The first-order valence-corrected chi connectivity index (χ1v) is 8.81. The van der Waals surface area contributed by atoms with Gasteiger partial charge < -0.3 is 5.73 Å². The fourth-order valence-electron chi connectivity index (χ4n) is 1.65. The molecule has 2 aromatic carbocycles. The van der Waals surface area contributed by atoms with E-state index in [0.29, 0.717) is 8.95 Å². The number of halogens is 3. The summed E-state index contributed by atoms with van der Waals surface area (Å²) in [5.41, 5.74) is 6.36. The minimum Gasteiger partial charge on any atom is -0.399 e. The third kappa shape index (κ3) is 3.56. The van der Waals surface area contributed by atoms with Crippen LogP contribution in [0.2, 0.25) is 0 Å². The van der Waals surface area contributed by atoms with Crippen LogP contribution in [0.1, 0.15) is 5.56 Å². The molecule has 0 spiro atoms. The molecule has 2 aromatic rings. The van der Waals surface area contributed by atoms with Gasteiger partial charge in [-0.2, -0.15) is 0 Å². The Morgan fingerprint density at radius 3 is 2.43 bits per heavy atom. The van der Waals surface area contributed by atoms with Gasteiger partial charge in [-0.05, 0) is 58.7 Å². The second-order valence-electron chi connectivity index (χ2n) is 4.38. The predicted octanol–water partition coefficient (Wildman–Crippen LogP) is 4.04. The zero-order valence-corrected chi connectivity index (χ0v) is 14.8. The van der Waals surface area contributed by atoms with Crippen LogP contribution in [0.4, 0.5) is 15.8 Å². The molecule has 2 rings (SSSR count). The zero-order chi connectivity index (χ0) is 15.8. The standard InChI is InChI=1S/C13H11Br2FN2O2S/c1-7-4-10(15)13(6-9(7)14)21(19,20)18-12-3-2-8(17)5-11(12)16/h2-6,18H,17H2,1H3. The van der Waals surface area contributed by atoms with Crippen molar-refractivity contribution in [3.63, 3.8) is 0 Å². The van der Waals surface area contributed by atoms with Gasteiger partial charge in [0.2, 0.25) is 0 Å². The van der Waals surface area contributed by atoms with E-state index in [-0.39, 0.29) is 16.3 Å². The highest BCUT2D eigenvalue weighted by Gasteiger charge is 2.20. The molecule has 0 aliphatic carbocycles. The van der Waals surface area contributed by atoms with Gasteiger partial charge in [0.15, 0.2) is 0 Å². The quantitative estimate of drug-likeness (QED) is 0.711. The monoisotopic (exact) mass is 436 g/mol. The number of sulfonamides is 1. The third-order valence-corrected chi connectivity index (χ3v) is 5.92. The van der Waals surface area contributed by atoms with Crippen LogP contribution < -0.4 is 10.5 Å². The highest BCUT2D eigenvalue weighted by atomic mass is 79.9. The van der Waals surface area contributed by atoms with Crippen molar-refractivity contribution in [3.05, 3.63) is 50.7 Å². The van der Waals surface area contributed by atoms with Crippen molar-refractivity contribution < 1.29 is 12.8 Å². The Bertz CT molecular complexity index is 810. The molecule has 0 unspecified atom stereocenters. The molecule has 0 bridgehead atoms. The van der Waals surface area contributed by atoms with E-state index in [9.17, 15) is 12.8 Å². The molecule has 0 aliphatic heterocycles. The van der Waals surface area contributed by atoms with E-state index in [0.717, 1.165) is 11.6 Å². The lowest BCUT2D eigenvalue weighted by Crippen LogP contribution is -2.15. The van der Waals surface area contributed by atoms with E-state index in [4.69, 9.17) is 5.73 Å². The first kappa shape index (κ1) is 16.3. The summed E-state index contributed by atoms with van der Waals surface area (Å²) < 4.78 is 41.7. The fourth-order valence-corrected chi connectivity index (χ4v) is 4.39. The lowest BCUT2D eigenvalue weighted by Gasteiger charge is -2.12. The van der Waals surface area contributed by atoms with Crippen molar-refractivity contribution in [3.8, 4) is 0 Å². The van der Waals surface area contributed by atoms with Crippen LogP contribution in [0.15, 0.2) is 44.2 Å². The molecule has 0 atom stereocenters.